The Morgan fingerprint density at radius 3 is 0.800 bits per heavy atom. The Labute approximate surface area is 235 Å². The minimum Gasteiger partial charge on any atom is -0.399 e. The highest BCUT2D eigenvalue weighted by molar-refractivity contribution is 5.92. The average Bonchev–Trinajstić information content (AvgIpc) is 2.96. The number of carbonyl (C=O) groups is 1. The van der Waals surface area contributed by atoms with Crippen molar-refractivity contribution in [3.8, 4) is 0 Å². The summed E-state index contributed by atoms with van der Waals surface area (Å²) in [5.41, 5.74) is 30.0. The number of carbonyl (C=O) groups excluding carboxylic acids is 1. The van der Waals surface area contributed by atoms with Crippen LogP contribution in [0, 0.1) is 11.8 Å². The van der Waals surface area contributed by atoms with Gasteiger partial charge >= 0.3 is 0 Å². The van der Waals surface area contributed by atoms with E-state index in [-0.39, 0.29) is 5.78 Å². The Morgan fingerprint density at radius 2 is 0.600 bits per heavy atom. The van der Waals surface area contributed by atoms with Crippen LogP contribution < -0.4 is 22.9 Å². The number of rotatable bonds is 10. The molecule has 4 rings (SSSR count). The lowest BCUT2D eigenvalue weighted by molar-refractivity contribution is -0.121. The summed E-state index contributed by atoms with van der Waals surface area (Å²) in [5, 5.41) is 0. The van der Waals surface area contributed by atoms with Crippen LogP contribution in [-0.2, 0) is 4.79 Å². The van der Waals surface area contributed by atoms with Gasteiger partial charge in [-0.05, 0) is 70.8 Å². The highest BCUT2D eigenvalue weighted by atomic mass is 16.1. The largest absolute Gasteiger partial charge is 0.399 e. The smallest absolute Gasteiger partial charge is 0.154 e. The number of hydrogen-bond acceptors (Lipinski definition) is 5. The van der Waals surface area contributed by atoms with Gasteiger partial charge in [-0.2, -0.15) is 0 Å². The number of ketones is 1. The zero-order valence-electron chi connectivity index (χ0n) is 22.2. The quantitative estimate of drug-likeness (QED) is 0.166. The minimum atomic E-state index is -0.493. The van der Waals surface area contributed by atoms with Gasteiger partial charge in [0.2, 0.25) is 0 Å². The van der Waals surface area contributed by atoms with Crippen molar-refractivity contribution in [2.75, 3.05) is 22.9 Å². The fraction of sp³-hybridized carbons (Fsp3) is 0.0571. The maximum atomic E-state index is 14.1. The number of hydrogen-bond donors (Lipinski definition) is 4. The van der Waals surface area contributed by atoms with Gasteiger partial charge < -0.3 is 22.9 Å². The van der Waals surface area contributed by atoms with Gasteiger partial charge in [-0.25, -0.2) is 0 Å². The molecule has 0 radical (unpaired) electrons. The van der Waals surface area contributed by atoms with Crippen molar-refractivity contribution in [2.45, 2.75) is 0 Å². The molecule has 0 unspecified atom stereocenters. The summed E-state index contributed by atoms with van der Waals surface area (Å²) in [6.45, 7) is 0. The summed E-state index contributed by atoms with van der Waals surface area (Å²) in [4.78, 5) is 14.1. The van der Waals surface area contributed by atoms with Gasteiger partial charge in [0.05, 0.1) is 11.8 Å². The summed E-state index contributed by atoms with van der Waals surface area (Å²) in [7, 11) is 0. The molecule has 0 fully saturated rings. The fourth-order valence-electron chi connectivity index (χ4n) is 4.02. The van der Waals surface area contributed by atoms with Crippen molar-refractivity contribution >= 4 is 52.8 Å². The van der Waals surface area contributed by atoms with E-state index in [2.05, 4.69) is 0 Å². The predicted molar refractivity (Wildman–Crippen MR) is 172 cm³/mol. The Kier molecular flexibility index (Phi) is 9.35. The predicted octanol–water partition coefficient (Wildman–Crippen LogP) is 6.97. The van der Waals surface area contributed by atoms with Gasteiger partial charge in [-0.1, -0.05) is 97.1 Å². The molecule has 4 aromatic rings. The molecule has 0 spiro atoms. The summed E-state index contributed by atoms with van der Waals surface area (Å²) in [5.74, 6) is -0.962. The molecular weight excluding hydrogens is 492 g/mol. The average molecular weight is 527 g/mol. The third-order valence-corrected chi connectivity index (χ3v) is 6.39. The van der Waals surface area contributed by atoms with Gasteiger partial charge in [-0.3, -0.25) is 4.79 Å². The van der Waals surface area contributed by atoms with E-state index in [9.17, 15) is 4.79 Å². The molecule has 5 heteroatoms. The highest BCUT2D eigenvalue weighted by Crippen LogP contribution is 2.21. The first-order valence-corrected chi connectivity index (χ1v) is 13.0. The molecule has 0 heterocycles. The molecule has 0 saturated heterocycles. The summed E-state index contributed by atoms with van der Waals surface area (Å²) >= 11 is 0. The molecule has 8 N–H and O–H groups in total. The van der Waals surface area contributed by atoms with E-state index in [1.165, 1.54) is 0 Å². The van der Waals surface area contributed by atoms with Crippen molar-refractivity contribution in [2.24, 2.45) is 11.8 Å². The third kappa shape index (κ3) is 8.36. The van der Waals surface area contributed by atoms with Crippen LogP contribution in [0.1, 0.15) is 22.3 Å². The van der Waals surface area contributed by atoms with Gasteiger partial charge in [0.15, 0.2) is 5.78 Å². The standard InChI is InChI=1S/C35H34N4O/c36-31-17-5-25(6-18-31)1-13-29(14-2-26-7-19-32(37)20-8-26)35(40)30(15-3-27-9-21-33(38)22-10-27)16-4-28-11-23-34(39)24-12-28/h1-24,29-30H,36-39H2. The lowest BCUT2D eigenvalue weighted by atomic mass is 9.89. The number of allylic oxidation sites excluding steroid dienone is 4. The molecule has 0 aliphatic rings. The van der Waals surface area contributed by atoms with E-state index < -0.39 is 11.8 Å². The Hall–Kier alpha value is -5.29. The van der Waals surface area contributed by atoms with E-state index in [1.54, 1.807) is 0 Å². The molecular formula is C35H34N4O. The molecule has 0 atom stereocenters. The van der Waals surface area contributed by atoms with Gasteiger partial charge in [0.1, 0.15) is 0 Å². The molecule has 0 saturated carbocycles. The van der Waals surface area contributed by atoms with E-state index in [0.29, 0.717) is 22.7 Å². The number of nitrogen functional groups attached to an aromatic ring is 4. The molecule has 0 aromatic heterocycles. The van der Waals surface area contributed by atoms with Gasteiger partial charge in [-0.15, -0.1) is 0 Å². The van der Waals surface area contributed by atoms with Crippen LogP contribution in [0.4, 0.5) is 22.7 Å². The molecule has 0 amide bonds. The highest BCUT2D eigenvalue weighted by Gasteiger charge is 2.20. The maximum Gasteiger partial charge on any atom is 0.154 e. The van der Waals surface area contributed by atoms with E-state index in [1.807, 2.05) is 146 Å². The van der Waals surface area contributed by atoms with Crippen molar-refractivity contribution < 1.29 is 4.79 Å². The van der Waals surface area contributed by atoms with Crippen molar-refractivity contribution in [3.05, 3.63) is 144 Å². The van der Waals surface area contributed by atoms with Gasteiger partial charge in [0.25, 0.3) is 0 Å². The lowest BCUT2D eigenvalue weighted by Crippen LogP contribution is -2.18. The van der Waals surface area contributed by atoms with Crippen LogP contribution in [0.3, 0.4) is 0 Å². The second-order valence-corrected chi connectivity index (χ2v) is 9.56. The van der Waals surface area contributed by atoms with E-state index in [4.69, 9.17) is 22.9 Å². The Bertz CT molecular complexity index is 1280. The first-order valence-electron chi connectivity index (χ1n) is 13.0. The number of anilines is 4. The zero-order valence-corrected chi connectivity index (χ0v) is 22.2. The minimum absolute atomic E-state index is 0.0248. The fourth-order valence-corrected chi connectivity index (χ4v) is 4.02. The first-order chi connectivity index (χ1) is 19.4. The SMILES string of the molecule is Nc1ccc(C=CC(C=Cc2ccc(N)cc2)C(=O)C(C=Cc2ccc(N)cc2)C=Cc2ccc(N)cc2)cc1. The number of nitrogens with two attached hydrogens (primary N) is 4. The third-order valence-electron chi connectivity index (χ3n) is 6.39. The maximum absolute atomic E-state index is 14.1. The number of benzene rings is 4. The monoisotopic (exact) mass is 526 g/mol. The lowest BCUT2D eigenvalue weighted by Gasteiger charge is -2.13. The van der Waals surface area contributed by atoms with E-state index >= 15 is 0 Å². The van der Waals surface area contributed by atoms with Crippen molar-refractivity contribution in [1.29, 1.82) is 0 Å². The summed E-state index contributed by atoms with van der Waals surface area (Å²) in [6, 6.07) is 30.1. The van der Waals surface area contributed by atoms with Crippen molar-refractivity contribution in [3.63, 3.8) is 0 Å². The second-order valence-electron chi connectivity index (χ2n) is 9.56. The van der Waals surface area contributed by atoms with Crippen molar-refractivity contribution in [1.82, 2.24) is 0 Å². The topological polar surface area (TPSA) is 121 Å². The zero-order chi connectivity index (χ0) is 28.3. The molecule has 40 heavy (non-hydrogen) atoms. The van der Waals surface area contributed by atoms with Crippen LogP contribution >= 0.6 is 0 Å². The Morgan fingerprint density at radius 1 is 0.400 bits per heavy atom. The Balaban J connectivity index is 1.68. The molecule has 0 aliphatic carbocycles. The van der Waals surface area contributed by atoms with Crippen LogP contribution in [0.25, 0.3) is 24.3 Å². The molecule has 200 valence electrons. The molecule has 4 aromatic carbocycles. The van der Waals surface area contributed by atoms with Crippen LogP contribution in [0.5, 0.6) is 0 Å². The van der Waals surface area contributed by atoms with Gasteiger partial charge in [0, 0.05) is 22.7 Å². The van der Waals surface area contributed by atoms with Crippen LogP contribution in [-0.4, -0.2) is 5.78 Å². The molecule has 0 aliphatic heterocycles. The summed E-state index contributed by atoms with van der Waals surface area (Å²) in [6.07, 6.45) is 15.5. The number of Topliss-reactive ketones (excluding diaryl/α,β-unsaturated/α-hetero) is 1. The summed E-state index contributed by atoms with van der Waals surface area (Å²) < 4.78 is 0. The molecule has 0 bridgehead atoms. The molecule has 5 nitrogen and oxygen atoms in total. The van der Waals surface area contributed by atoms with Crippen LogP contribution in [0.15, 0.2) is 121 Å². The van der Waals surface area contributed by atoms with E-state index in [0.717, 1.165) is 22.3 Å². The first kappa shape index (κ1) is 27.7. The normalized spacial score (nSPS) is 13.4. The van der Waals surface area contributed by atoms with Crippen LogP contribution in [0.2, 0.25) is 0 Å². The second kappa shape index (κ2) is 13.5.